The van der Waals surface area contributed by atoms with Crippen LogP contribution in [0.2, 0.25) is 0 Å². The lowest BCUT2D eigenvalue weighted by atomic mass is 9.97. The Morgan fingerprint density at radius 3 is 1.03 bits per heavy atom. The predicted octanol–water partition coefficient (Wildman–Crippen LogP) is 7.89. The number of hydrogen-bond donors (Lipinski definition) is 0. The molecule has 0 bridgehead atoms. The summed E-state index contributed by atoms with van der Waals surface area (Å²) in [6, 6.07) is 36.2. The van der Waals surface area contributed by atoms with Gasteiger partial charge in [-0.2, -0.15) is 0 Å². The van der Waals surface area contributed by atoms with Crippen molar-refractivity contribution in [2.75, 3.05) is 0 Å². The highest BCUT2D eigenvalue weighted by Gasteiger charge is 2.04. The van der Waals surface area contributed by atoms with E-state index in [0.29, 0.717) is 0 Å². The highest BCUT2D eigenvalue weighted by molar-refractivity contribution is 5.74. The Labute approximate surface area is 181 Å². The summed E-state index contributed by atoms with van der Waals surface area (Å²) >= 11 is 0. The van der Waals surface area contributed by atoms with Gasteiger partial charge in [-0.3, -0.25) is 4.98 Å². The summed E-state index contributed by atoms with van der Waals surface area (Å²) in [6.45, 7) is 0. The van der Waals surface area contributed by atoms with Crippen molar-refractivity contribution in [2.24, 2.45) is 0 Å². The topological polar surface area (TPSA) is 12.9 Å². The van der Waals surface area contributed by atoms with Crippen LogP contribution in [0.4, 0.5) is 4.39 Å². The molecular formula is C29H20FN. The fourth-order valence-corrected chi connectivity index (χ4v) is 3.74. The first kappa shape index (κ1) is 19.0. The van der Waals surface area contributed by atoms with Gasteiger partial charge in [0.05, 0.1) is 0 Å². The Morgan fingerprint density at radius 2 is 0.710 bits per heavy atom. The van der Waals surface area contributed by atoms with Gasteiger partial charge in [0, 0.05) is 12.4 Å². The van der Waals surface area contributed by atoms with E-state index in [0.717, 1.165) is 27.8 Å². The zero-order chi connectivity index (χ0) is 21.0. The molecule has 0 aliphatic rings. The van der Waals surface area contributed by atoms with E-state index in [1.165, 1.54) is 28.8 Å². The van der Waals surface area contributed by atoms with Gasteiger partial charge in [0.2, 0.25) is 0 Å². The third kappa shape index (κ3) is 4.15. The molecule has 0 aliphatic carbocycles. The number of aromatic nitrogens is 1. The SMILES string of the molecule is Fc1ccc(-c2ccc(-c3ccc(-c4ccc(-c5cccnc5)cc4)cc3)cc2)cc1. The smallest absolute Gasteiger partial charge is 0.123 e. The predicted molar refractivity (Wildman–Crippen MR) is 126 cm³/mol. The fourth-order valence-electron chi connectivity index (χ4n) is 3.74. The van der Waals surface area contributed by atoms with Gasteiger partial charge in [-0.15, -0.1) is 0 Å². The molecule has 2 heteroatoms. The minimum Gasteiger partial charge on any atom is -0.264 e. The fraction of sp³-hybridized carbons (Fsp3) is 0. The second-order valence-corrected chi connectivity index (χ2v) is 7.48. The Hall–Kier alpha value is -4.04. The minimum absolute atomic E-state index is 0.216. The van der Waals surface area contributed by atoms with Crippen molar-refractivity contribution >= 4 is 0 Å². The van der Waals surface area contributed by atoms with Crippen LogP contribution in [0.1, 0.15) is 0 Å². The average Bonchev–Trinajstić information content (AvgIpc) is 2.85. The van der Waals surface area contributed by atoms with Crippen LogP contribution >= 0.6 is 0 Å². The molecule has 5 rings (SSSR count). The highest BCUT2D eigenvalue weighted by Crippen LogP contribution is 2.29. The van der Waals surface area contributed by atoms with Gasteiger partial charge in [0.15, 0.2) is 0 Å². The third-order valence-electron chi connectivity index (χ3n) is 5.49. The molecule has 0 radical (unpaired) electrons. The summed E-state index contributed by atoms with van der Waals surface area (Å²) < 4.78 is 13.1. The first-order chi connectivity index (χ1) is 15.3. The maximum absolute atomic E-state index is 13.1. The lowest BCUT2D eigenvalue weighted by molar-refractivity contribution is 0.628. The van der Waals surface area contributed by atoms with Crippen LogP contribution in [0.5, 0.6) is 0 Å². The molecule has 0 N–H and O–H groups in total. The van der Waals surface area contributed by atoms with Crippen molar-refractivity contribution in [1.82, 2.24) is 4.98 Å². The van der Waals surface area contributed by atoms with Crippen LogP contribution in [-0.4, -0.2) is 4.98 Å². The van der Waals surface area contributed by atoms with Crippen molar-refractivity contribution in [3.8, 4) is 44.5 Å². The minimum atomic E-state index is -0.216. The van der Waals surface area contributed by atoms with Gasteiger partial charge < -0.3 is 0 Å². The monoisotopic (exact) mass is 401 g/mol. The summed E-state index contributed by atoms with van der Waals surface area (Å²) in [7, 11) is 0. The van der Waals surface area contributed by atoms with Crippen LogP contribution < -0.4 is 0 Å². The first-order valence-corrected chi connectivity index (χ1v) is 10.2. The summed E-state index contributed by atoms with van der Waals surface area (Å²) in [5, 5.41) is 0. The van der Waals surface area contributed by atoms with Gasteiger partial charge in [-0.25, -0.2) is 4.39 Å². The van der Waals surface area contributed by atoms with Crippen molar-refractivity contribution in [3.05, 3.63) is 127 Å². The van der Waals surface area contributed by atoms with E-state index in [1.807, 2.05) is 12.3 Å². The Morgan fingerprint density at radius 1 is 0.387 bits per heavy atom. The van der Waals surface area contributed by atoms with Gasteiger partial charge in [-0.05, 0) is 62.7 Å². The standard InChI is InChI=1S/C29H20FN/c30-29-17-15-26(16-18-29)25-9-7-22(8-10-25)21-3-5-23(6-4-21)24-11-13-27(14-12-24)28-2-1-19-31-20-28/h1-20H. The summed E-state index contributed by atoms with van der Waals surface area (Å²) in [4.78, 5) is 4.19. The van der Waals surface area contributed by atoms with E-state index >= 15 is 0 Å². The number of nitrogens with zero attached hydrogens (tertiary/aromatic N) is 1. The van der Waals surface area contributed by atoms with E-state index in [9.17, 15) is 4.39 Å². The quantitative estimate of drug-likeness (QED) is 0.298. The lowest BCUT2D eigenvalue weighted by Crippen LogP contribution is -1.83. The molecule has 0 amide bonds. The summed E-state index contributed by atoms with van der Waals surface area (Å²) in [5.74, 6) is -0.216. The Bertz CT molecular complexity index is 1270. The zero-order valence-electron chi connectivity index (χ0n) is 16.9. The van der Waals surface area contributed by atoms with Gasteiger partial charge >= 0.3 is 0 Å². The van der Waals surface area contributed by atoms with Crippen LogP contribution in [0, 0.1) is 5.82 Å². The normalized spacial score (nSPS) is 10.7. The van der Waals surface area contributed by atoms with E-state index in [1.54, 1.807) is 18.3 Å². The second-order valence-electron chi connectivity index (χ2n) is 7.48. The van der Waals surface area contributed by atoms with Gasteiger partial charge in [-0.1, -0.05) is 91.0 Å². The Kier molecular flexibility index (Phi) is 5.12. The maximum atomic E-state index is 13.1. The molecule has 4 aromatic carbocycles. The molecule has 0 saturated carbocycles. The molecule has 1 nitrogen and oxygen atoms in total. The van der Waals surface area contributed by atoms with Gasteiger partial charge in [0.1, 0.15) is 5.82 Å². The number of benzene rings is 4. The molecular weight excluding hydrogens is 381 g/mol. The number of rotatable bonds is 4. The molecule has 0 spiro atoms. The molecule has 148 valence electrons. The average molecular weight is 401 g/mol. The third-order valence-corrected chi connectivity index (χ3v) is 5.49. The van der Waals surface area contributed by atoms with E-state index < -0.39 is 0 Å². The van der Waals surface area contributed by atoms with Crippen LogP contribution in [-0.2, 0) is 0 Å². The van der Waals surface area contributed by atoms with E-state index in [4.69, 9.17) is 0 Å². The molecule has 0 fully saturated rings. The largest absolute Gasteiger partial charge is 0.264 e. The number of halogens is 1. The molecule has 1 heterocycles. The second kappa shape index (κ2) is 8.37. The number of hydrogen-bond acceptors (Lipinski definition) is 1. The molecule has 0 saturated heterocycles. The van der Waals surface area contributed by atoms with Gasteiger partial charge in [0.25, 0.3) is 0 Å². The van der Waals surface area contributed by atoms with Crippen molar-refractivity contribution in [2.45, 2.75) is 0 Å². The van der Waals surface area contributed by atoms with Crippen molar-refractivity contribution in [1.29, 1.82) is 0 Å². The summed E-state index contributed by atoms with van der Waals surface area (Å²) in [6.07, 6.45) is 3.67. The highest BCUT2D eigenvalue weighted by atomic mass is 19.1. The molecule has 1 aromatic heterocycles. The molecule has 0 unspecified atom stereocenters. The molecule has 31 heavy (non-hydrogen) atoms. The Balaban J connectivity index is 1.34. The van der Waals surface area contributed by atoms with Crippen molar-refractivity contribution < 1.29 is 4.39 Å². The zero-order valence-corrected chi connectivity index (χ0v) is 16.9. The first-order valence-electron chi connectivity index (χ1n) is 10.2. The van der Waals surface area contributed by atoms with Crippen LogP contribution in [0.25, 0.3) is 44.5 Å². The van der Waals surface area contributed by atoms with E-state index in [2.05, 4.69) is 83.8 Å². The maximum Gasteiger partial charge on any atom is 0.123 e. The van der Waals surface area contributed by atoms with Crippen LogP contribution in [0.3, 0.4) is 0 Å². The molecule has 0 atom stereocenters. The van der Waals surface area contributed by atoms with Crippen LogP contribution in [0.15, 0.2) is 122 Å². The van der Waals surface area contributed by atoms with Crippen molar-refractivity contribution in [3.63, 3.8) is 0 Å². The molecule has 0 aliphatic heterocycles. The van der Waals surface area contributed by atoms with E-state index in [-0.39, 0.29) is 5.82 Å². The molecule has 5 aromatic rings. The lowest BCUT2D eigenvalue weighted by Gasteiger charge is -2.08. The number of pyridine rings is 1. The summed E-state index contributed by atoms with van der Waals surface area (Å²) in [5.41, 5.74) is 9.07.